The molecule has 0 aliphatic carbocycles. The van der Waals surface area contributed by atoms with Gasteiger partial charge in [-0.25, -0.2) is 0 Å². The van der Waals surface area contributed by atoms with Crippen molar-refractivity contribution >= 4 is 23.2 Å². The number of piperazine rings is 1. The fourth-order valence-electron chi connectivity index (χ4n) is 3.81. The number of aryl methyl sites for hydroxylation is 3. The van der Waals surface area contributed by atoms with Crippen LogP contribution in [0.3, 0.4) is 0 Å². The van der Waals surface area contributed by atoms with E-state index in [2.05, 4.69) is 0 Å². The Labute approximate surface area is 171 Å². The van der Waals surface area contributed by atoms with Crippen LogP contribution in [-0.4, -0.2) is 18.4 Å². The van der Waals surface area contributed by atoms with Crippen LogP contribution in [-0.2, 0) is 9.59 Å². The second kappa shape index (κ2) is 7.55. The van der Waals surface area contributed by atoms with E-state index in [9.17, 15) is 9.59 Å². The minimum absolute atomic E-state index is 0.0264. The SMILES string of the molecule is Cc1ccc(N2CC(=O)N(c3cc(C)ccc3C)[C@H](c3ccccc3)C2=O)cc1. The molecule has 0 unspecified atom stereocenters. The van der Waals surface area contributed by atoms with Crippen molar-refractivity contribution in [1.29, 1.82) is 0 Å². The Kier molecular flexibility index (Phi) is 4.93. The zero-order chi connectivity index (χ0) is 20.5. The largest absolute Gasteiger partial charge is 0.301 e. The molecule has 4 rings (SSSR count). The summed E-state index contributed by atoms with van der Waals surface area (Å²) in [5.74, 6) is -0.187. The van der Waals surface area contributed by atoms with Gasteiger partial charge in [-0.05, 0) is 55.7 Å². The Bertz CT molecular complexity index is 1060. The molecular formula is C25H24N2O2. The standard InChI is InChI=1S/C25H24N2O2/c1-17-10-13-21(14-11-17)26-16-23(28)27(22-15-18(2)9-12-19(22)3)24(25(26)29)20-7-5-4-6-8-20/h4-15,24H,16H2,1-3H3/t24-/m1/s1. The lowest BCUT2D eigenvalue weighted by molar-refractivity contribution is -0.128. The highest BCUT2D eigenvalue weighted by atomic mass is 16.2. The van der Waals surface area contributed by atoms with Gasteiger partial charge in [-0.15, -0.1) is 0 Å². The highest BCUT2D eigenvalue weighted by Crippen LogP contribution is 2.36. The minimum Gasteiger partial charge on any atom is -0.301 e. The van der Waals surface area contributed by atoms with Crippen LogP contribution in [0.5, 0.6) is 0 Å². The van der Waals surface area contributed by atoms with E-state index in [0.717, 1.165) is 33.6 Å². The maximum absolute atomic E-state index is 13.7. The van der Waals surface area contributed by atoms with Crippen LogP contribution in [0.15, 0.2) is 72.8 Å². The van der Waals surface area contributed by atoms with E-state index in [0.29, 0.717) is 0 Å². The van der Waals surface area contributed by atoms with Gasteiger partial charge in [0.25, 0.3) is 5.91 Å². The zero-order valence-corrected chi connectivity index (χ0v) is 16.9. The molecule has 29 heavy (non-hydrogen) atoms. The quantitative estimate of drug-likeness (QED) is 0.655. The fourth-order valence-corrected chi connectivity index (χ4v) is 3.81. The van der Waals surface area contributed by atoms with Crippen molar-refractivity contribution in [1.82, 2.24) is 0 Å². The third-order valence-electron chi connectivity index (χ3n) is 5.41. The molecule has 0 bridgehead atoms. The number of hydrogen-bond donors (Lipinski definition) is 0. The van der Waals surface area contributed by atoms with Crippen LogP contribution in [0.1, 0.15) is 28.3 Å². The maximum atomic E-state index is 13.7. The molecule has 1 heterocycles. The van der Waals surface area contributed by atoms with Crippen molar-refractivity contribution in [3.63, 3.8) is 0 Å². The highest BCUT2D eigenvalue weighted by molar-refractivity contribution is 6.14. The molecule has 0 radical (unpaired) electrons. The van der Waals surface area contributed by atoms with Crippen molar-refractivity contribution in [2.24, 2.45) is 0 Å². The molecule has 1 aliphatic heterocycles. The Morgan fingerprint density at radius 2 is 1.45 bits per heavy atom. The van der Waals surface area contributed by atoms with E-state index in [1.54, 1.807) is 9.80 Å². The summed E-state index contributed by atoms with van der Waals surface area (Å²) in [6.07, 6.45) is 0. The molecule has 3 aromatic carbocycles. The van der Waals surface area contributed by atoms with E-state index in [4.69, 9.17) is 0 Å². The molecule has 0 aromatic heterocycles. The predicted octanol–water partition coefficient (Wildman–Crippen LogP) is 4.73. The molecule has 0 spiro atoms. The topological polar surface area (TPSA) is 40.6 Å². The Morgan fingerprint density at radius 3 is 2.14 bits per heavy atom. The summed E-state index contributed by atoms with van der Waals surface area (Å²) in [5.41, 5.74) is 5.49. The van der Waals surface area contributed by atoms with Gasteiger partial charge in [-0.2, -0.15) is 0 Å². The van der Waals surface area contributed by atoms with Crippen molar-refractivity contribution in [3.05, 3.63) is 95.1 Å². The number of carbonyl (C=O) groups excluding carboxylic acids is 2. The van der Waals surface area contributed by atoms with Gasteiger partial charge in [0, 0.05) is 11.4 Å². The van der Waals surface area contributed by atoms with Crippen LogP contribution in [0.4, 0.5) is 11.4 Å². The molecule has 1 saturated heterocycles. The second-order valence-electron chi connectivity index (χ2n) is 7.63. The first-order valence-electron chi connectivity index (χ1n) is 9.78. The van der Waals surface area contributed by atoms with Crippen molar-refractivity contribution in [2.45, 2.75) is 26.8 Å². The van der Waals surface area contributed by atoms with Gasteiger partial charge < -0.3 is 4.90 Å². The van der Waals surface area contributed by atoms with E-state index in [1.807, 2.05) is 93.6 Å². The first-order chi connectivity index (χ1) is 14.0. The first kappa shape index (κ1) is 18.9. The number of nitrogens with zero attached hydrogens (tertiary/aromatic N) is 2. The summed E-state index contributed by atoms with van der Waals surface area (Å²) in [6.45, 7) is 6.00. The number of hydrogen-bond acceptors (Lipinski definition) is 2. The van der Waals surface area contributed by atoms with Gasteiger partial charge in [-0.3, -0.25) is 14.5 Å². The van der Waals surface area contributed by atoms with E-state index < -0.39 is 6.04 Å². The number of amides is 2. The summed E-state index contributed by atoms with van der Waals surface area (Å²) >= 11 is 0. The average Bonchev–Trinajstić information content (AvgIpc) is 2.72. The monoisotopic (exact) mass is 384 g/mol. The van der Waals surface area contributed by atoms with Crippen LogP contribution in [0.25, 0.3) is 0 Å². The molecule has 4 nitrogen and oxygen atoms in total. The Hall–Kier alpha value is -3.40. The third-order valence-corrected chi connectivity index (χ3v) is 5.41. The summed E-state index contributed by atoms with van der Waals surface area (Å²) in [6, 6.07) is 22.6. The van der Waals surface area contributed by atoms with E-state index in [1.165, 1.54) is 0 Å². The summed E-state index contributed by atoms with van der Waals surface area (Å²) < 4.78 is 0. The molecule has 1 atom stereocenters. The van der Waals surface area contributed by atoms with E-state index in [-0.39, 0.29) is 18.4 Å². The lowest BCUT2D eigenvalue weighted by Gasteiger charge is -2.41. The molecular weight excluding hydrogens is 360 g/mol. The maximum Gasteiger partial charge on any atom is 0.255 e. The van der Waals surface area contributed by atoms with Gasteiger partial charge in [0.05, 0.1) is 0 Å². The Balaban J connectivity index is 1.84. The highest BCUT2D eigenvalue weighted by Gasteiger charge is 2.42. The minimum atomic E-state index is -0.695. The third kappa shape index (κ3) is 3.54. The van der Waals surface area contributed by atoms with Gasteiger partial charge in [0.2, 0.25) is 5.91 Å². The summed E-state index contributed by atoms with van der Waals surface area (Å²) in [7, 11) is 0. The van der Waals surface area contributed by atoms with Gasteiger partial charge in [0.1, 0.15) is 12.6 Å². The average molecular weight is 384 g/mol. The van der Waals surface area contributed by atoms with Crippen LogP contribution in [0.2, 0.25) is 0 Å². The number of carbonyl (C=O) groups is 2. The lowest BCUT2D eigenvalue weighted by atomic mass is 9.98. The summed E-state index contributed by atoms with van der Waals surface area (Å²) in [4.78, 5) is 30.3. The smallest absolute Gasteiger partial charge is 0.255 e. The molecule has 1 fully saturated rings. The summed E-state index contributed by atoms with van der Waals surface area (Å²) in [5, 5.41) is 0. The van der Waals surface area contributed by atoms with Crippen molar-refractivity contribution in [3.8, 4) is 0 Å². The molecule has 3 aromatic rings. The molecule has 4 heteroatoms. The van der Waals surface area contributed by atoms with E-state index >= 15 is 0 Å². The van der Waals surface area contributed by atoms with Crippen molar-refractivity contribution < 1.29 is 9.59 Å². The van der Waals surface area contributed by atoms with Crippen LogP contribution >= 0.6 is 0 Å². The number of rotatable bonds is 3. The number of anilines is 2. The molecule has 0 saturated carbocycles. The second-order valence-corrected chi connectivity index (χ2v) is 7.63. The normalized spacial score (nSPS) is 17.0. The fraction of sp³-hybridized carbons (Fsp3) is 0.200. The number of benzene rings is 3. The van der Waals surface area contributed by atoms with Gasteiger partial charge in [-0.1, -0.05) is 60.2 Å². The zero-order valence-electron chi connectivity index (χ0n) is 16.9. The van der Waals surface area contributed by atoms with Crippen LogP contribution in [0, 0.1) is 20.8 Å². The predicted molar refractivity (Wildman–Crippen MR) is 116 cm³/mol. The van der Waals surface area contributed by atoms with Crippen molar-refractivity contribution in [2.75, 3.05) is 16.3 Å². The first-order valence-corrected chi connectivity index (χ1v) is 9.78. The molecule has 0 N–H and O–H groups in total. The molecule has 1 aliphatic rings. The molecule has 2 amide bonds. The Morgan fingerprint density at radius 1 is 0.793 bits per heavy atom. The van der Waals surface area contributed by atoms with Gasteiger partial charge >= 0.3 is 0 Å². The van der Waals surface area contributed by atoms with Gasteiger partial charge in [0.15, 0.2) is 0 Å². The molecule has 146 valence electrons. The lowest BCUT2D eigenvalue weighted by Crippen LogP contribution is -2.56. The van der Waals surface area contributed by atoms with Crippen LogP contribution < -0.4 is 9.80 Å².